The molecule has 0 bridgehead atoms. The summed E-state index contributed by atoms with van der Waals surface area (Å²) >= 11 is 3.61. The second-order valence-electron chi connectivity index (χ2n) is 4.39. The van der Waals surface area contributed by atoms with Crippen molar-refractivity contribution in [2.75, 3.05) is 5.75 Å². The molecule has 1 nitrogen and oxygen atoms in total. The van der Waals surface area contributed by atoms with Crippen molar-refractivity contribution in [1.82, 2.24) is 0 Å². The van der Waals surface area contributed by atoms with E-state index in [1.54, 1.807) is 11.3 Å². The number of fused-ring (bicyclic) bond motifs is 2. The topological polar surface area (TPSA) is 17.1 Å². The van der Waals surface area contributed by atoms with Gasteiger partial charge in [-0.15, -0.1) is 11.3 Å². The number of rotatable bonds is 3. The summed E-state index contributed by atoms with van der Waals surface area (Å²) in [5.74, 6) is 2.13. The highest BCUT2D eigenvalue weighted by Gasteiger charge is 2.06. The summed E-state index contributed by atoms with van der Waals surface area (Å²) in [6, 6.07) is 14.1. The van der Waals surface area contributed by atoms with Crippen molar-refractivity contribution in [3.05, 3.63) is 58.3 Å². The van der Waals surface area contributed by atoms with Crippen LogP contribution in [0.4, 0.5) is 0 Å². The fourth-order valence-electron chi connectivity index (χ4n) is 2.16. The standard InChI is InChI=1S/C16H14OS2/c1-2-18-10-11-7-8-13-15(9-11)19-14-6-4-3-5-12(14)16(13)17/h3-9H,2,10H2,1H3. The maximum absolute atomic E-state index is 12.4. The lowest BCUT2D eigenvalue weighted by Gasteiger charge is -2.04. The maximum Gasteiger partial charge on any atom is 0.195 e. The molecular weight excluding hydrogens is 272 g/mol. The lowest BCUT2D eigenvalue weighted by Crippen LogP contribution is -2.00. The van der Waals surface area contributed by atoms with Gasteiger partial charge in [0.25, 0.3) is 0 Å². The monoisotopic (exact) mass is 286 g/mol. The van der Waals surface area contributed by atoms with Crippen LogP contribution in [0.3, 0.4) is 0 Å². The molecule has 0 fully saturated rings. The summed E-state index contributed by atoms with van der Waals surface area (Å²) < 4.78 is 2.16. The number of hydrogen-bond donors (Lipinski definition) is 0. The zero-order valence-corrected chi connectivity index (χ0v) is 12.3. The van der Waals surface area contributed by atoms with Crippen molar-refractivity contribution >= 4 is 43.3 Å². The SMILES string of the molecule is CCSCc1ccc2c(=O)c3ccccc3sc2c1. The molecule has 0 radical (unpaired) electrons. The molecule has 0 spiro atoms. The van der Waals surface area contributed by atoms with E-state index in [-0.39, 0.29) is 5.43 Å². The number of hydrogen-bond acceptors (Lipinski definition) is 3. The predicted octanol–water partition coefficient (Wildman–Crippen LogP) is 4.67. The Bertz CT molecular complexity index is 789. The van der Waals surface area contributed by atoms with Gasteiger partial charge in [0.2, 0.25) is 0 Å². The Balaban J connectivity index is 2.23. The first-order chi connectivity index (χ1) is 9.29. The van der Waals surface area contributed by atoms with Gasteiger partial charge in [0.05, 0.1) is 0 Å². The van der Waals surface area contributed by atoms with E-state index >= 15 is 0 Å². The van der Waals surface area contributed by atoms with Gasteiger partial charge in [-0.1, -0.05) is 25.1 Å². The predicted molar refractivity (Wildman–Crippen MR) is 87.4 cm³/mol. The lowest BCUT2D eigenvalue weighted by molar-refractivity contribution is 1.41. The van der Waals surface area contributed by atoms with Crippen LogP contribution in [0.1, 0.15) is 12.5 Å². The van der Waals surface area contributed by atoms with Crippen molar-refractivity contribution < 1.29 is 0 Å². The van der Waals surface area contributed by atoms with Crippen molar-refractivity contribution in [1.29, 1.82) is 0 Å². The molecule has 96 valence electrons. The van der Waals surface area contributed by atoms with Crippen LogP contribution >= 0.6 is 23.1 Å². The van der Waals surface area contributed by atoms with E-state index in [1.165, 1.54) is 5.56 Å². The van der Waals surface area contributed by atoms with Crippen LogP contribution in [-0.2, 0) is 5.75 Å². The van der Waals surface area contributed by atoms with Crippen LogP contribution in [0, 0.1) is 0 Å². The Morgan fingerprint density at radius 3 is 2.68 bits per heavy atom. The van der Waals surface area contributed by atoms with E-state index in [2.05, 4.69) is 19.1 Å². The highest BCUT2D eigenvalue weighted by atomic mass is 32.2. The van der Waals surface area contributed by atoms with Crippen molar-refractivity contribution in [2.45, 2.75) is 12.7 Å². The molecule has 0 saturated carbocycles. The Hall–Kier alpha value is -1.32. The van der Waals surface area contributed by atoms with Gasteiger partial charge in [-0.05, 0) is 35.6 Å². The van der Waals surface area contributed by atoms with Crippen molar-refractivity contribution in [2.24, 2.45) is 0 Å². The van der Waals surface area contributed by atoms with Crippen LogP contribution in [0.5, 0.6) is 0 Å². The first kappa shape index (κ1) is 12.7. The average Bonchev–Trinajstić information content (AvgIpc) is 2.45. The van der Waals surface area contributed by atoms with Crippen LogP contribution in [0.25, 0.3) is 20.2 Å². The molecule has 1 heterocycles. The summed E-state index contributed by atoms with van der Waals surface area (Å²) in [6.45, 7) is 2.16. The van der Waals surface area contributed by atoms with E-state index in [1.807, 2.05) is 42.1 Å². The molecule has 0 atom stereocenters. The van der Waals surface area contributed by atoms with Gasteiger partial charge in [-0.25, -0.2) is 0 Å². The summed E-state index contributed by atoms with van der Waals surface area (Å²) in [5, 5.41) is 1.67. The molecular formula is C16H14OS2. The molecule has 0 N–H and O–H groups in total. The molecule has 3 aromatic rings. The normalized spacial score (nSPS) is 11.2. The van der Waals surface area contributed by atoms with Gasteiger partial charge >= 0.3 is 0 Å². The largest absolute Gasteiger partial charge is 0.289 e. The van der Waals surface area contributed by atoms with Crippen LogP contribution in [0.2, 0.25) is 0 Å². The summed E-state index contributed by atoms with van der Waals surface area (Å²) in [6.07, 6.45) is 0. The maximum atomic E-state index is 12.4. The quantitative estimate of drug-likeness (QED) is 0.651. The Morgan fingerprint density at radius 1 is 1.05 bits per heavy atom. The van der Waals surface area contributed by atoms with Gasteiger partial charge in [-0.2, -0.15) is 11.8 Å². The fourth-order valence-corrected chi connectivity index (χ4v) is 3.91. The van der Waals surface area contributed by atoms with Gasteiger partial charge in [0.15, 0.2) is 5.43 Å². The Kier molecular flexibility index (Phi) is 3.58. The number of benzene rings is 2. The van der Waals surface area contributed by atoms with Crippen LogP contribution in [-0.4, -0.2) is 5.75 Å². The van der Waals surface area contributed by atoms with Gasteiger partial charge in [0.1, 0.15) is 0 Å². The van der Waals surface area contributed by atoms with E-state index in [0.29, 0.717) is 0 Å². The number of thioether (sulfide) groups is 1. The molecule has 3 rings (SSSR count). The average molecular weight is 286 g/mol. The molecule has 3 heteroatoms. The summed E-state index contributed by atoms with van der Waals surface area (Å²) in [5.41, 5.74) is 1.45. The van der Waals surface area contributed by atoms with E-state index in [9.17, 15) is 4.79 Å². The molecule has 0 aliphatic heterocycles. The fraction of sp³-hybridized carbons (Fsp3) is 0.188. The molecule has 0 aliphatic rings. The third-order valence-corrected chi connectivity index (χ3v) is 5.19. The summed E-state index contributed by atoms with van der Waals surface area (Å²) in [7, 11) is 0. The first-order valence-electron chi connectivity index (χ1n) is 6.32. The zero-order chi connectivity index (χ0) is 13.2. The highest BCUT2D eigenvalue weighted by molar-refractivity contribution is 7.98. The second kappa shape index (κ2) is 5.35. The van der Waals surface area contributed by atoms with Crippen molar-refractivity contribution in [3.8, 4) is 0 Å². The third kappa shape index (κ3) is 2.40. The van der Waals surface area contributed by atoms with Gasteiger partial charge < -0.3 is 0 Å². The minimum Gasteiger partial charge on any atom is -0.289 e. The van der Waals surface area contributed by atoms with Gasteiger partial charge in [0, 0.05) is 25.9 Å². The molecule has 2 aromatic carbocycles. The van der Waals surface area contributed by atoms with E-state index in [0.717, 1.165) is 31.7 Å². The Labute approximate surface area is 120 Å². The van der Waals surface area contributed by atoms with Gasteiger partial charge in [-0.3, -0.25) is 4.79 Å². The minimum absolute atomic E-state index is 0.152. The highest BCUT2D eigenvalue weighted by Crippen LogP contribution is 2.26. The first-order valence-corrected chi connectivity index (χ1v) is 8.29. The van der Waals surface area contributed by atoms with E-state index in [4.69, 9.17) is 0 Å². The molecule has 0 amide bonds. The molecule has 19 heavy (non-hydrogen) atoms. The van der Waals surface area contributed by atoms with E-state index < -0.39 is 0 Å². The van der Waals surface area contributed by atoms with Crippen LogP contribution < -0.4 is 5.43 Å². The minimum atomic E-state index is 0.152. The second-order valence-corrected chi connectivity index (χ2v) is 6.75. The lowest BCUT2D eigenvalue weighted by atomic mass is 10.1. The van der Waals surface area contributed by atoms with Crippen LogP contribution in [0.15, 0.2) is 47.3 Å². The molecule has 1 aromatic heterocycles. The molecule has 0 saturated heterocycles. The third-order valence-electron chi connectivity index (χ3n) is 3.12. The smallest absolute Gasteiger partial charge is 0.195 e. The zero-order valence-electron chi connectivity index (χ0n) is 10.7. The molecule has 0 aliphatic carbocycles. The molecule has 0 unspecified atom stereocenters. The Morgan fingerprint density at radius 2 is 1.84 bits per heavy atom. The van der Waals surface area contributed by atoms with Crippen molar-refractivity contribution in [3.63, 3.8) is 0 Å². The summed E-state index contributed by atoms with van der Waals surface area (Å²) in [4.78, 5) is 12.4.